The summed E-state index contributed by atoms with van der Waals surface area (Å²) in [6.07, 6.45) is 1.80. The van der Waals surface area contributed by atoms with Gasteiger partial charge in [0.15, 0.2) is 0 Å². The van der Waals surface area contributed by atoms with Crippen molar-refractivity contribution in [2.24, 2.45) is 5.10 Å². The van der Waals surface area contributed by atoms with E-state index < -0.39 is 0 Å². The molecule has 0 unspecified atom stereocenters. The lowest BCUT2D eigenvalue weighted by Crippen LogP contribution is -2.21. The second-order valence-corrected chi connectivity index (χ2v) is 6.68. The Hall–Kier alpha value is -3.73. The Bertz CT molecular complexity index is 1070. The van der Waals surface area contributed by atoms with E-state index in [1.165, 1.54) is 29.3 Å². The van der Waals surface area contributed by atoms with Crippen molar-refractivity contribution in [3.05, 3.63) is 101 Å². The molecule has 1 heterocycles. The standard InChI is InChI=1S/C24H19FN2O2/c1-17-23(24(28)27(26-17)21-11-9-20(25)10-12-21)15-18-7-13-22(14-8-18)29-16-19-5-3-2-4-6-19/h2-15H,16H2,1H3/b23-15+. The van der Waals surface area contributed by atoms with Gasteiger partial charge in [-0.1, -0.05) is 42.5 Å². The molecular formula is C24H19FN2O2. The third kappa shape index (κ3) is 4.24. The van der Waals surface area contributed by atoms with Crippen molar-refractivity contribution in [1.29, 1.82) is 0 Å². The maximum absolute atomic E-state index is 13.1. The van der Waals surface area contributed by atoms with E-state index in [-0.39, 0.29) is 11.7 Å². The van der Waals surface area contributed by atoms with Crippen LogP contribution in [0.3, 0.4) is 0 Å². The molecule has 0 aromatic heterocycles. The van der Waals surface area contributed by atoms with Crippen LogP contribution in [0.2, 0.25) is 0 Å². The molecule has 144 valence electrons. The first-order valence-electron chi connectivity index (χ1n) is 9.24. The molecule has 29 heavy (non-hydrogen) atoms. The SMILES string of the molecule is CC1=NN(c2ccc(F)cc2)C(=O)/C1=C/c1ccc(OCc2ccccc2)cc1. The molecule has 0 aliphatic carbocycles. The highest BCUT2D eigenvalue weighted by atomic mass is 19.1. The van der Waals surface area contributed by atoms with Gasteiger partial charge < -0.3 is 4.74 Å². The Kier molecular flexibility index (Phi) is 5.20. The van der Waals surface area contributed by atoms with Gasteiger partial charge in [0.1, 0.15) is 18.2 Å². The van der Waals surface area contributed by atoms with Gasteiger partial charge in [-0.25, -0.2) is 4.39 Å². The molecule has 1 amide bonds. The second kappa shape index (κ2) is 8.10. The van der Waals surface area contributed by atoms with Gasteiger partial charge in [-0.3, -0.25) is 4.79 Å². The van der Waals surface area contributed by atoms with E-state index in [1.54, 1.807) is 13.0 Å². The molecular weight excluding hydrogens is 367 g/mol. The molecule has 0 spiro atoms. The maximum Gasteiger partial charge on any atom is 0.280 e. The molecule has 0 saturated heterocycles. The van der Waals surface area contributed by atoms with Gasteiger partial charge in [0, 0.05) is 0 Å². The lowest BCUT2D eigenvalue weighted by molar-refractivity contribution is -0.114. The number of carbonyl (C=O) groups excluding carboxylic acids is 1. The van der Waals surface area contributed by atoms with Crippen LogP contribution in [0.5, 0.6) is 5.75 Å². The summed E-state index contributed by atoms with van der Waals surface area (Å²) in [6, 6.07) is 23.2. The monoisotopic (exact) mass is 386 g/mol. The largest absolute Gasteiger partial charge is 0.489 e. The minimum absolute atomic E-state index is 0.237. The highest BCUT2D eigenvalue weighted by molar-refractivity contribution is 6.32. The van der Waals surface area contributed by atoms with Crippen molar-refractivity contribution in [2.75, 3.05) is 5.01 Å². The predicted molar refractivity (Wildman–Crippen MR) is 112 cm³/mol. The Morgan fingerprint density at radius 2 is 1.66 bits per heavy atom. The van der Waals surface area contributed by atoms with Gasteiger partial charge in [-0.15, -0.1) is 0 Å². The molecule has 1 aliphatic rings. The highest BCUT2D eigenvalue weighted by Gasteiger charge is 2.28. The van der Waals surface area contributed by atoms with Crippen LogP contribution in [-0.4, -0.2) is 11.6 Å². The third-order valence-corrected chi connectivity index (χ3v) is 4.57. The van der Waals surface area contributed by atoms with Crippen LogP contribution in [0.1, 0.15) is 18.1 Å². The predicted octanol–water partition coefficient (Wildman–Crippen LogP) is 5.21. The van der Waals surface area contributed by atoms with Gasteiger partial charge in [-0.05, 0) is 60.5 Å². The van der Waals surface area contributed by atoms with Crippen molar-refractivity contribution in [3.63, 3.8) is 0 Å². The Morgan fingerprint density at radius 1 is 0.966 bits per heavy atom. The first-order chi connectivity index (χ1) is 14.1. The van der Waals surface area contributed by atoms with E-state index >= 15 is 0 Å². The minimum atomic E-state index is -0.355. The second-order valence-electron chi connectivity index (χ2n) is 6.68. The summed E-state index contributed by atoms with van der Waals surface area (Å²) in [5.74, 6) is 0.164. The van der Waals surface area contributed by atoms with E-state index in [0.29, 0.717) is 23.6 Å². The highest BCUT2D eigenvalue weighted by Crippen LogP contribution is 2.25. The molecule has 4 nitrogen and oxygen atoms in total. The summed E-state index contributed by atoms with van der Waals surface area (Å²) in [5.41, 5.74) is 3.62. The summed E-state index contributed by atoms with van der Waals surface area (Å²) >= 11 is 0. The first kappa shape index (κ1) is 18.6. The van der Waals surface area contributed by atoms with E-state index in [2.05, 4.69) is 5.10 Å². The van der Waals surface area contributed by atoms with Crippen LogP contribution in [0.15, 0.2) is 89.5 Å². The Labute approximate surface area is 168 Å². The first-order valence-corrected chi connectivity index (χ1v) is 9.24. The number of amides is 1. The van der Waals surface area contributed by atoms with Crippen LogP contribution >= 0.6 is 0 Å². The van der Waals surface area contributed by atoms with Gasteiger partial charge in [0.25, 0.3) is 5.91 Å². The molecule has 3 aromatic carbocycles. The van der Waals surface area contributed by atoms with Gasteiger partial charge in [-0.2, -0.15) is 10.1 Å². The number of hydrogen-bond donors (Lipinski definition) is 0. The number of nitrogens with zero attached hydrogens (tertiary/aromatic N) is 2. The van der Waals surface area contributed by atoms with Crippen LogP contribution in [-0.2, 0) is 11.4 Å². The average molecular weight is 386 g/mol. The zero-order chi connectivity index (χ0) is 20.2. The van der Waals surface area contributed by atoms with Gasteiger partial charge in [0.05, 0.1) is 17.0 Å². The average Bonchev–Trinajstić information content (AvgIpc) is 3.03. The smallest absolute Gasteiger partial charge is 0.280 e. The number of anilines is 1. The molecule has 0 bridgehead atoms. The van der Waals surface area contributed by atoms with E-state index in [0.717, 1.165) is 16.9 Å². The molecule has 0 atom stereocenters. The van der Waals surface area contributed by atoms with Gasteiger partial charge >= 0.3 is 0 Å². The zero-order valence-corrected chi connectivity index (χ0v) is 15.9. The zero-order valence-electron chi connectivity index (χ0n) is 15.9. The fourth-order valence-electron chi connectivity index (χ4n) is 3.01. The fourth-order valence-corrected chi connectivity index (χ4v) is 3.01. The summed E-state index contributed by atoms with van der Waals surface area (Å²) in [6.45, 7) is 2.28. The number of ether oxygens (including phenoxy) is 1. The summed E-state index contributed by atoms with van der Waals surface area (Å²) in [7, 11) is 0. The fraction of sp³-hybridized carbons (Fsp3) is 0.0833. The van der Waals surface area contributed by atoms with Crippen LogP contribution in [0.4, 0.5) is 10.1 Å². The number of carbonyl (C=O) groups is 1. The topological polar surface area (TPSA) is 41.9 Å². The molecule has 0 radical (unpaired) electrons. The summed E-state index contributed by atoms with van der Waals surface area (Å²) < 4.78 is 18.9. The van der Waals surface area contributed by atoms with E-state index in [1.807, 2.05) is 54.6 Å². The minimum Gasteiger partial charge on any atom is -0.489 e. The van der Waals surface area contributed by atoms with Crippen molar-refractivity contribution in [2.45, 2.75) is 13.5 Å². The number of halogens is 1. The number of hydrogen-bond acceptors (Lipinski definition) is 3. The third-order valence-electron chi connectivity index (χ3n) is 4.57. The molecule has 1 aliphatic heterocycles. The maximum atomic E-state index is 13.1. The molecule has 5 heteroatoms. The normalized spacial score (nSPS) is 15.0. The molecule has 0 N–H and O–H groups in total. The molecule has 4 rings (SSSR count). The van der Waals surface area contributed by atoms with Crippen LogP contribution in [0, 0.1) is 5.82 Å². The quantitative estimate of drug-likeness (QED) is 0.565. The van der Waals surface area contributed by atoms with Crippen molar-refractivity contribution < 1.29 is 13.9 Å². The lowest BCUT2D eigenvalue weighted by Gasteiger charge is -2.11. The van der Waals surface area contributed by atoms with Crippen molar-refractivity contribution in [3.8, 4) is 5.75 Å². The van der Waals surface area contributed by atoms with Crippen LogP contribution in [0.25, 0.3) is 6.08 Å². The van der Waals surface area contributed by atoms with Gasteiger partial charge in [0.2, 0.25) is 0 Å². The molecule has 3 aromatic rings. The van der Waals surface area contributed by atoms with Crippen molar-refractivity contribution >= 4 is 23.4 Å². The van der Waals surface area contributed by atoms with E-state index in [9.17, 15) is 9.18 Å². The number of benzene rings is 3. The lowest BCUT2D eigenvalue weighted by atomic mass is 10.1. The Morgan fingerprint density at radius 3 is 2.34 bits per heavy atom. The summed E-state index contributed by atoms with van der Waals surface area (Å²) in [5, 5.41) is 5.60. The molecule has 0 fully saturated rings. The Balaban J connectivity index is 1.47. The van der Waals surface area contributed by atoms with Crippen LogP contribution < -0.4 is 9.75 Å². The number of rotatable bonds is 5. The van der Waals surface area contributed by atoms with E-state index in [4.69, 9.17) is 4.74 Å². The number of hydrazone groups is 1. The molecule has 0 saturated carbocycles. The summed E-state index contributed by atoms with van der Waals surface area (Å²) in [4.78, 5) is 12.8. The van der Waals surface area contributed by atoms with Crippen molar-refractivity contribution in [1.82, 2.24) is 0 Å².